The van der Waals surface area contributed by atoms with Gasteiger partial charge in [-0.15, -0.1) is 0 Å². The third-order valence-corrected chi connectivity index (χ3v) is 5.31. The van der Waals surface area contributed by atoms with Gasteiger partial charge in [0.15, 0.2) is 0 Å². The maximum atomic E-state index is 5.94. The molecule has 2 aliphatic rings. The standard InChI is InChI=1S/C18H20N2/c19-17-14(5-3-11-20-17)7-8-15-12-18(15)10-9-13-4-1-2-6-16(13)18/h1-6,11,15H,7-10,12H2,(H2,19,20). The smallest absolute Gasteiger partial charge is 0.126 e. The summed E-state index contributed by atoms with van der Waals surface area (Å²) in [6, 6.07) is 13.1. The zero-order valence-corrected chi connectivity index (χ0v) is 11.7. The second kappa shape index (κ2) is 4.34. The van der Waals surface area contributed by atoms with Gasteiger partial charge in [0.2, 0.25) is 0 Å². The number of aromatic nitrogens is 1. The van der Waals surface area contributed by atoms with Crippen LogP contribution in [0.25, 0.3) is 0 Å². The summed E-state index contributed by atoms with van der Waals surface area (Å²) in [7, 11) is 0. The van der Waals surface area contributed by atoms with Crippen molar-refractivity contribution >= 4 is 5.82 Å². The summed E-state index contributed by atoms with van der Waals surface area (Å²) < 4.78 is 0. The van der Waals surface area contributed by atoms with Crippen molar-refractivity contribution in [2.45, 2.75) is 37.5 Å². The fourth-order valence-corrected chi connectivity index (χ4v) is 4.10. The lowest BCUT2D eigenvalue weighted by molar-refractivity contribution is 0.567. The highest BCUT2D eigenvalue weighted by atomic mass is 14.8. The van der Waals surface area contributed by atoms with E-state index in [9.17, 15) is 0 Å². The van der Waals surface area contributed by atoms with Crippen LogP contribution in [0.3, 0.4) is 0 Å². The normalized spacial score (nSPS) is 26.7. The Kier molecular flexibility index (Phi) is 2.59. The van der Waals surface area contributed by atoms with Gasteiger partial charge in [-0.3, -0.25) is 0 Å². The van der Waals surface area contributed by atoms with Gasteiger partial charge in [-0.2, -0.15) is 0 Å². The average molecular weight is 264 g/mol. The lowest BCUT2D eigenvalue weighted by Crippen LogP contribution is -2.06. The molecule has 2 aliphatic carbocycles. The van der Waals surface area contributed by atoms with Crippen LogP contribution in [0, 0.1) is 5.92 Å². The monoisotopic (exact) mass is 264 g/mol. The first kappa shape index (κ1) is 12.0. The van der Waals surface area contributed by atoms with Gasteiger partial charge in [0.25, 0.3) is 0 Å². The number of aryl methyl sites for hydroxylation is 2. The van der Waals surface area contributed by atoms with Gasteiger partial charge in [0, 0.05) is 6.20 Å². The third-order valence-electron chi connectivity index (χ3n) is 5.31. The highest BCUT2D eigenvalue weighted by Gasteiger charge is 2.56. The molecule has 0 radical (unpaired) electrons. The maximum Gasteiger partial charge on any atom is 0.126 e. The van der Waals surface area contributed by atoms with E-state index in [1.165, 1.54) is 31.2 Å². The molecule has 20 heavy (non-hydrogen) atoms. The van der Waals surface area contributed by atoms with Crippen LogP contribution in [-0.2, 0) is 18.3 Å². The third kappa shape index (κ3) is 1.75. The number of hydrogen-bond acceptors (Lipinski definition) is 2. The van der Waals surface area contributed by atoms with E-state index in [0.29, 0.717) is 11.2 Å². The molecule has 2 unspecified atom stereocenters. The first-order valence-corrected chi connectivity index (χ1v) is 7.57. The Balaban J connectivity index is 1.48. The number of nitrogens with two attached hydrogens (primary N) is 1. The van der Waals surface area contributed by atoms with Crippen LogP contribution in [0.15, 0.2) is 42.6 Å². The molecular weight excluding hydrogens is 244 g/mol. The van der Waals surface area contributed by atoms with Gasteiger partial charge >= 0.3 is 0 Å². The number of rotatable bonds is 3. The molecule has 102 valence electrons. The Labute approximate surface area is 120 Å². The molecule has 1 fully saturated rings. The van der Waals surface area contributed by atoms with Gasteiger partial charge in [-0.25, -0.2) is 4.98 Å². The van der Waals surface area contributed by atoms with Crippen molar-refractivity contribution in [1.29, 1.82) is 0 Å². The largest absolute Gasteiger partial charge is 0.383 e. The van der Waals surface area contributed by atoms with Crippen LogP contribution in [-0.4, -0.2) is 4.98 Å². The summed E-state index contributed by atoms with van der Waals surface area (Å²) in [6.45, 7) is 0. The summed E-state index contributed by atoms with van der Waals surface area (Å²) in [5.74, 6) is 1.54. The van der Waals surface area contributed by atoms with Gasteiger partial charge in [0.1, 0.15) is 5.82 Å². The molecule has 1 aromatic heterocycles. The van der Waals surface area contributed by atoms with E-state index < -0.39 is 0 Å². The number of hydrogen-bond donors (Lipinski definition) is 1. The van der Waals surface area contributed by atoms with Crippen molar-refractivity contribution in [2.24, 2.45) is 5.92 Å². The summed E-state index contributed by atoms with van der Waals surface area (Å²) in [5, 5.41) is 0. The van der Waals surface area contributed by atoms with Crippen LogP contribution < -0.4 is 5.73 Å². The fraction of sp³-hybridized carbons (Fsp3) is 0.389. The van der Waals surface area contributed by atoms with Crippen LogP contribution >= 0.6 is 0 Å². The molecule has 4 rings (SSSR count). The van der Waals surface area contributed by atoms with Gasteiger partial charge in [-0.05, 0) is 66.2 Å². The highest BCUT2D eigenvalue weighted by Crippen LogP contribution is 2.62. The van der Waals surface area contributed by atoms with Crippen LogP contribution in [0.5, 0.6) is 0 Å². The minimum absolute atomic E-state index is 0.508. The average Bonchev–Trinajstić information content (AvgIpc) is 3.06. The molecule has 1 heterocycles. The number of anilines is 1. The summed E-state index contributed by atoms with van der Waals surface area (Å²) in [4.78, 5) is 4.18. The lowest BCUT2D eigenvalue weighted by atomic mass is 9.93. The number of nitrogens with zero attached hydrogens (tertiary/aromatic N) is 1. The first-order chi connectivity index (χ1) is 9.79. The molecule has 0 bridgehead atoms. The van der Waals surface area contributed by atoms with E-state index in [0.717, 1.165) is 12.3 Å². The van der Waals surface area contributed by atoms with Crippen molar-refractivity contribution in [3.05, 3.63) is 59.3 Å². The second-order valence-corrected chi connectivity index (χ2v) is 6.30. The number of nitrogen functional groups attached to an aromatic ring is 1. The molecule has 1 spiro atoms. The summed E-state index contributed by atoms with van der Waals surface area (Å²) >= 11 is 0. The predicted octanol–water partition coefficient (Wildman–Crippen LogP) is 3.50. The van der Waals surface area contributed by atoms with Crippen LogP contribution in [0.1, 0.15) is 36.0 Å². The SMILES string of the molecule is Nc1ncccc1CCC1CC12CCc1ccccc12. The van der Waals surface area contributed by atoms with E-state index in [-0.39, 0.29) is 0 Å². The molecule has 2 aromatic rings. The predicted molar refractivity (Wildman–Crippen MR) is 81.5 cm³/mol. The molecule has 0 saturated heterocycles. The van der Waals surface area contributed by atoms with E-state index in [4.69, 9.17) is 5.73 Å². The van der Waals surface area contributed by atoms with Crippen LogP contribution in [0.2, 0.25) is 0 Å². The maximum absolute atomic E-state index is 5.94. The molecular formula is C18H20N2. The van der Waals surface area contributed by atoms with Crippen LogP contribution in [0.4, 0.5) is 5.82 Å². The van der Waals surface area contributed by atoms with E-state index in [2.05, 4.69) is 35.3 Å². The molecule has 2 heteroatoms. The zero-order valence-electron chi connectivity index (χ0n) is 11.7. The summed E-state index contributed by atoms with van der Waals surface area (Å²) in [6.07, 6.45) is 8.05. The van der Waals surface area contributed by atoms with Gasteiger partial charge in [0.05, 0.1) is 0 Å². The van der Waals surface area contributed by atoms with Crippen molar-refractivity contribution in [2.75, 3.05) is 5.73 Å². The van der Waals surface area contributed by atoms with Gasteiger partial charge < -0.3 is 5.73 Å². The molecule has 2 N–H and O–H groups in total. The van der Waals surface area contributed by atoms with Gasteiger partial charge in [-0.1, -0.05) is 30.3 Å². The quantitative estimate of drug-likeness (QED) is 0.921. The molecule has 0 aliphatic heterocycles. The van der Waals surface area contributed by atoms with Crippen molar-refractivity contribution in [3.63, 3.8) is 0 Å². The van der Waals surface area contributed by atoms with E-state index >= 15 is 0 Å². The Hall–Kier alpha value is -1.83. The summed E-state index contributed by atoms with van der Waals surface area (Å²) in [5.41, 5.74) is 10.9. The highest BCUT2D eigenvalue weighted by molar-refractivity contribution is 5.45. The Bertz CT molecular complexity index is 649. The second-order valence-electron chi connectivity index (χ2n) is 6.30. The Morgan fingerprint density at radius 3 is 3.00 bits per heavy atom. The Morgan fingerprint density at radius 2 is 2.10 bits per heavy atom. The molecule has 2 atom stereocenters. The van der Waals surface area contributed by atoms with Crippen molar-refractivity contribution in [3.8, 4) is 0 Å². The minimum Gasteiger partial charge on any atom is -0.383 e. The fourth-order valence-electron chi connectivity index (χ4n) is 4.10. The topological polar surface area (TPSA) is 38.9 Å². The molecule has 2 nitrogen and oxygen atoms in total. The Morgan fingerprint density at radius 1 is 1.20 bits per heavy atom. The number of fused-ring (bicyclic) bond motifs is 2. The molecule has 1 aromatic carbocycles. The van der Waals surface area contributed by atoms with Crippen molar-refractivity contribution < 1.29 is 0 Å². The minimum atomic E-state index is 0.508. The number of pyridine rings is 1. The lowest BCUT2D eigenvalue weighted by Gasteiger charge is -2.11. The number of benzene rings is 1. The molecule has 0 amide bonds. The van der Waals surface area contributed by atoms with E-state index in [1.807, 2.05) is 6.07 Å². The zero-order chi connectivity index (χ0) is 13.6. The first-order valence-electron chi connectivity index (χ1n) is 7.57. The molecule has 1 saturated carbocycles. The van der Waals surface area contributed by atoms with Crippen molar-refractivity contribution in [1.82, 2.24) is 4.98 Å². The van der Waals surface area contributed by atoms with E-state index in [1.54, 1.807) is 17.3 Å².